The summed E-state index contributed by atoms with van der Waals surface area (Å²) in [7, 11) is -3.73. The van der Waals surface area contributed by atoms with Gasteiger partial charge in [-0.25, -0.2) is 22.5 Å². The van der Waals surface area contributed by atoms with Crippen LogP contribution in [0.2, 0.25) is 0 Å². The number of carbonyl (C=O) groups excluding carboxylic acids is 1. The molecule has 0 unspecified atom stereocenters. The second kappa shape index (κ2) is 13.1. The number of amides is 1. The maximum Gasteiger partial charge on any atom is 0.240 e. The van der Waals surface area contributed by atoms with Crippen LogP contribution < -0.4 is 15.4 Å². The SMILES string of the molecule is C[C@@H](NC(=O)C1CCC(NS(=O)(=O)c2ccc3nc(C#CCN4CCNCC4)ccc3c2)CC1)c1ccc(F)cc1. The summed E-state index contributed by atoms with van der Waals surface area (Å²) in [4.78, 5) is 19.9. The Hall–Kier alpha value is -3.36. The highest BCUT2D eigenvalue weighted by atomic mass is 32.2. The van der Waals surface area contributed by atoms with E-state index in [1.54, 1.807) is 30.3 Å². The molecule has 0 bridgehead atoms. The Balaban J connectivity index is 1.14. The molecule has 8 nitrogen and oxygen atoms in total. The number of hydrogen-bond acceptors (Lipinski definition) is 6. The van der Waals surface area contributed by atoms with Crippen molar-refractivity contribution in [1.29, 1.82) is 0 Å². The molecule has 2 heterocycles. The van der Waals surface area contributed by atoms with Gasteiger partial charge in [0.2, 0.25) is 15.9 Å². The van der Waals surface area contributed by atoms with Crippen LogP contribution in [0.3, 0.4) is 0 Å². The van der Waals surface area contributed by atoms with Crippen LogP contribution in [-0.4, -0.2) is 63.0 Å². The molecule has 2 aromatic carbocycles. The van der Waals surface area contributed by atoms with E-state index in [1.165, 1.54) is 12.1 Å². The molecule has 0 spiro atoms. The van der Waals surface area contributed by atoms with Crippen molar-refractivity contribution in [3.8, 4) is 11.8 Å². The Morgan fingerprint density at radius 2 is 1.80 bits per heavy atom. The fraction of sp³-hybridized carbons (Fsp3) is 0.419. The molecule has 2 fully saturated rings. The number of pyridine rings is 1. The number of carbonyl (C=O) groups is 1. The monoisotopic (exact) mass is 577 g/mol. The maximum absolute atomic E-state index is 13.2. The fourth-order valence-corrected chi connectivity index (χ4v) is 6.72. The summed E-state index contributed by atoms with van der Waals surface area (Å²) in [5, 5.41) is 7.06. The predicted molar refractivity (Wildman–Crippen MR) is 157 cm³/mol. The topological polar surface area (TPSA) is 103 Å². The van der Waals surface area contributed by atoms with Crippen LogP contribution in [0.25, 0.3) is 10.9 Å². The molecule has 5 rings (SSSR count). The van der Waals surface area contributed by atoms with E-state index in [4.69, 9.17) is 0 Å². The zero-order chi connectivity index (χ0) is 28.8. The Labute approximate surface area is 241 Å². The van der Waals surface area contributed by atoms with E-state index in [-0.39, 0.29) is 34.6 Å². The van der Waals surface area contributed by atoms with E-state index >= 15 is 0 Å². The molecule has 41 heavy (non-hydrogen) atoms. The van der Waals surface area contributed by atoms with E-state index in [0.717, 1.165) is 37.1 Å². The predicted octanol–water partition coefficient (Wildman–Crippen LogP) is 3.35. The van der Waals surface area contributed by atoms with Crippen LogP contribution in [-0.2, 0) is 14.8 Å². The molecule has 0 radical (unpaired) electrons. The van der Waals surface area contributed by atoms with Gasteiger partial charge in [0.1, 0.15) is 11.5 Å². The summed E-state index contributed by atoms with van der Waals surface area (Å²) in [5.41, 5.74) is 2.19. The first kappa shape index (κ1) is 29.1. The lowest BCUT2D eigenvalue weighted by atomic mass is 9.85. The second-order valence-corrected chi connectivity index (χ2v) is 12.5. The van der Waals surface area contributed by atoms with Crippen molar-refractivity contribution in [2.75, 3.05) is 32.7 Å². The molecule has 1 atom stereocenters. The molecule has 1 aromatic heterocycles. The number of piperazine rings is 1. The molecular formula is C31H36FN5O3S. The first-order valence-electron chi connectivity index (χ1n) is 14.2. The minimum atomic E-state index is -3.73. The highest BCUT2D eigenvalue weighted by molar-refractivity contribution is 7.89. The van der Waals surface area contributed by atoms with Crippen molar-refractivity contribution in [3.05, 3.63) is 71.7 Å². The zero-order valence-electron chi connectivity index (χ0n) is 23.2. The van der Waals surface area contributed by atoms with Crippen LogP contribution in [0.15, 0.2) is 59.5 Å². The van der Waals surface area contributed by atoms with Crippen molar-refractivity contribution in [2.45, 2.75) is 49.6 Å². The Kier molecular flexibility index (Phi) is 9.30. The van der Waals surface area contributed by atoms with Gasteiger partial charge in [0.25, 0.3) is 0 Å². The summed E-state index contributed by atoms with van der Waals surface area (Å²) in [6.45, 7) is 6.50. The largest absolute Gasteiger partial charge is 0.349 e. The fourth-order valence-electron chi connectivity index (χ4n) is 5.38. The molecule has 216 valence electrons. The highest BCUT2D eigenvalue weighted by Gasteiger charge is 2.30. The molecular weight excluding hydrogens is 541 g/mol. The summed E-state index contributed by atoms with van der Waals surface area (Å²) in [5.74, 6) is 5.75. The van der Waals surface area contributed by atoms with Crippen LogP contribution in [0.4, 0.5) is 4.39 Å². The van der Waals surface area contributed by atoms with E-state index in [2.05, 4.69) is 37.1 Å². The quantitative estimate of drug-likeness (QED) is 0.373. The van der Waals surface area contributed by atoms with E-state index < -0.39 is 10.0 Å². The molecule has 3 N–H and O–H groups in total. The van der Waals surface area contributed by atoms with E-state index in [0.29, 0.717) is 43.4 Å². The number of hydrogen-bond donors (Lipinski definition) is 3. The summed E-state index contributed by atoms with van der Waals surface area (Å²) < 4.78 is 42.4. The third-order valence-electron chi connectivity index (χ3n) is 7.85. The average Bonchev–Trinajstić information content (AvgIpc) is 2.98. The van der Waals surface area contributed by atoms with Crippen molar-refractivity contribution in [3.63, 3.8) is 0 Å². The smallest absolute Gasteiger partial charge is 0.240 e. The summed E-state index contributed by atoms with van der Waals surface area (Å²) in [6.07, 6.45) is 2.34. The third kappa shape index (κ3) is 7.68. The number of rotatable bonds is 7. The van der Waals surface area contributed by atoms with Gasteiger partial charge in [0.05, 0.1) is 23.0 Å². The average molecular weight is 578 g/mol. The van der Waals surface area contributed by atoms with Crippen LogP contribution >= 0.6 is 0 Å². The zero-order valence-corrected chi connectivity index (χ0v) is 24.0. The summed E-state index contributed by atoms with van der Waals surface area (Å²) >= 11 is 0. The standard InChI is InChI=1S/C31H36FN5O3S/c1-22(23-4-9-26(32)10-5-23)34-31(38)24-6-12-28(13-7-24)36-41(39,40)29-14-15-30-25(21-29)8-11-27(35-30)3-2-18-37-19-16-33-17-20-37/h4-5,8-11,14-15,21-22,24,28,33,36H,6-7,12-13,16-20H2,1H3,(H,34,38)/t22-,24?,28?/m1/s1. The minimum Gasteiger partial charge on any atom is -0.349 e. The van der Waals surface area contributed by atoms with Crippen LogP contribution in [0.5, 0.6) is 0 Å². The van der Waals surface area contributed by atoms with Gasteiger partial charge in [0.15, 0.2) is 0 Å². The molecule has 1 saturated heterocycles. The number of benzene rings is 2. The Morgan fingerprint density at radius 3 is 2.54 bits per heavy atom. The number of halogens is 1. The van der Waals surface area contributed by atoms with Gasteiger partial charge in [-0.15, -0.1) is 0 Å². The lowest BCUT2D eigenvalue weighted by molar-refractivity contribution is -0.126. The van der Waals surface area contributed by atoms with Gasteiger partial charge in [0, 0.05) is 43.5 Å². The Morgan fingerprint density at radius 1 is 1.07 bits per heavy atom. The molecule has 10 heteroatoms. The number of nitrogens with one attached hydrogen (secondary N) is 3. The van der Waals surface area contributed by atoms with E-state index in [1.807, 2.05) is 19.1 Å². The number of sulfonamides is 1. The highest BCUT2D eigenvalue weighted by Crippen LogP contribution is 2.27. The van der Waals surface area contributed by atoms with Gasteiger partial charge in [-0.2, -0.15) is 0 Å². The van der Waals surface area contributed by atoms with Crippen molar-refractivity contribution in [1.82, 2.24) is 25.2 Å². The number of fused-ring (bicyclic) bond motifs is 1. The first-order chi connectivity index (χ1) is 19.8. The lowest BCUT2D eigenvalue weighted by Gasteiger charge is -2.29. The molecule has 3 aromatic rings. The third-order valence-corrected chi connectivity index (χ3v) is 9.37. The second-order valence-electron chi connectivity index (χ2n) is 10.8. The minimum absolute atomic E-state index is 0.0574. The molecule has 1 aliphatic carbocycles. The van der Waals surface area contributed by atoms with Gasteiger partial charge >= 0.3 is 0 Å². The number of aromatic nitrogens is 1. The van der Waals surface area contributed by atoms with Gasteiger partial charge < -0.3 is 10.6 Å². The molecule has 2 aliphatic rings. The maximum atomic E-state index is 13.2. The van der Waals surface area contributed by atoms with Gasteiger partial charge in [-0.05, 0) is 86.6 Å². The normalized spacial score (nSPS) is 20.6. The number of nitrogens with zero attached hydrogens (tertiary/aromatic N) is 2. The lowest BCUT2D eigenvalue weighted by Crippen LogP contribution is -2.43. The Bertz CT molecular complexity index is 1540. The van der Waals surface area contributed by atoms with Crippen LogP contribution in [0, 0.1) is 23.6 Å². The van der Waals surface area contributed by atoms with Gasteiger partial charge in [-0.1, -0.05) is 18.1 Å². The molecule has 1 amide bonds. The van der Waals surface area contributed by atoms with Crippen LogP contribution in [0.1, 0.15) is 49.9 Å². The van der Waals surface area contributed by atoms with Crippen molar-refractivity contribution >= 4 is 26.8 Å². The summed E-state index contributed by atoms with van der Waals surface area (Å²) in [6, 6.07) is 14.2. The first-order valence-corrected chi connectivity index (χ1v) is 15.7. The van der Waals surface area contributed by atoms with Crippen molar-refractivity contribution in [2.24, 2.45) is 5.92 Å². The molecule has 1 saturated carbocycles. The van der Waals surface area contributed by atoms with Gasteiger partial charge in [-0.3, -0.25) is 9.69 Å². The molecule has 1 aliphatic heterocycles. The van der Waals surface area contributed by atoms with E-state index in [9.17, 15) is 17.6 Å². The van der Waals surface area contributed by atoms with Crippen molar-refractivity contribution < 1.29 is 17.6 Å².